The smallest absolute Gasteiger partial charge is 0.309 e. The van der Waals surface area contributed by atoms with Gasteiger partial charge in [0.05, 0.1) is 11.6 Å². The number of halogens is 4. The predicted octanol–water partition coefficient (Wildman–Crippen LogP) is 2.94. The molecule has 7 heteroatoms. The van der Waals surface area contributed by atoms with Crippen LogP contribution in [0.25, 0.3) is 0 Å². The van der Waals surface area contributed by atoms with Gasteiger partial charge in [0.2, 0.25) is 0 Å². The van der Waals surface area contributed by atoms with Gasteiger partial charge in [-0.05, 0) is 24.7 Å². The average molecular weight is 285 g/mol. The van der Waals surface area contributed by atoms with Gasteiger partial charge < -0.3 is 5.32 Å². The van der Waals surface area contributed by atoms with E-state index in [1.807, 2.05) is 0 Å². The molecule has 0 amide bonds. The Labute approximate surface area is 112 Å². The van der Waals surface area contributed by atoms with Crippen LogP contribution in [0, 0.1) is 5.82 Å². The van der Waals surface area contributed by atoms with Crippen LogP contribution in [-0.4, -0.2) is 17.0 Å². The summed E-state index contributed by atoms with van der Waals surface area (Å²) < 4.78 is 51.1. The number of aromatic nitrogens is 2. The van der Waals surface area contributed by atoms with Crippen LogP contribution in [0.1, 0.15) is 22.7 Å². The quantitative estimate of drug-likeness (QED) is 0.881. The highest BCUT2D eigenvalue weighted by molar-refractivity contribution is 5.33. The van der Waals surface area contributed by atoms with Gasteiger partial charge in [0, 0.05) is 18.0 Å². The second-order valence-corrected chi connectivity index (χ2v) is 4.13. The zero-order valence-corrected chi connectivity index (χ0v) is 10.4. The van der Waals surface area contributed by atoms with Crippen molar-refractivity contribution < 1.29 is 17.6 Å². The van der Waals surface area contributed by atoms with Crippen molar-refractivity contribution in [1.82, 2.24) is 15.3 Å². The zero-order valence-electron chi connectivity index (χ0n) is 10.4. The van der Waals surface area contributed by atoms with Gasteiger partial charge in [-0.25, -0.2) is 14.4 Å². The van der Waals surface area contributed by atoms with Crippen molar-refractivity contribution in [3.8, 4) is 0 Å². The number of nitrogens with one attached hydrogen (secondary N) is 1. The van der Waals surface area contributed by atoms with Crippen LogP contribution in [0.4, 0.5) is 17.6 Å². The summed E-state index contributed by atoms with van der Waals surface area (Å²) in [6.45, 7) is 0. The molecule has 20 heavy (non-hydrogen) atoms. The lowest BCUT2D eigenvalue weighted by molar-refractivity contribution is -0.140. The largest absolute Gasteiger partial charge is 0.419 e. The van der Waals surface area contributed by atoms with Crippen molar-refractivity contribution in [2.24, 2.45) is 0 Å². The molecule has 0 saturated heterocycles. The third-order valence-corrected chi connectivity index (χ3v) is 2.83. The molecular weight excluding hydrogens is 274 g/mol. The van der Waals surface area contributed by atoms with E-state index in [0.29, 0.717) is 11.1 Å². The Kier molecular flexibility index (Phi) is 3.99. The zero-order chi connectivity index (χ0) is 14.8. The summed E-state index contributed by atoms with van der Waals surface area (Å²) in [5, 5.41) is 2.89. The molecular formula is C13H11F4N3. The Morgan fingerprint density at radius 3 is 2.25 bits per heavy atom. The van der Waals surface area contributed by atoms with Gasteiger partial charge in [0.25, 0.3) is 0 Å². The maximum atomic E-state index is 13.6. The summed E-state index contributed by atoms with van der Waals surface area (Å²) in [4.78, 5) is 7.67. The first-order chi connectivity index (χ1) is 9.43. The Bertz CT molecular complexity index is 584. The first-order valence-corrected chi connectivity index (χ1v) is 5.72. The van der Waals surface area contributed by atoms with Crippen LogP contribution in [0.3, 0.4) is 0 Å². The van der Waals surface area contributed by atoms with E-state index < -0.39 is 23.6 Å². The summed E-state index contributed by atoms with van der Waals surface area (Å²) in [6, 6.07) is 2.36. The highest BCUT2D eigenvalue weighted by Gasteiger charge is 2.34. The Hall–Kier alpha value is -2.02. The molecule has 106 valence electrons. The number of hydrogen-bond donors (Lipinski definition) is 1. The minimum Gasteiger partial charge on any atom is -0.309 e. The van der Waals surface area contributed by atoms with Crippen molar-refractivity contribution in [3.63, 3.8) is 0 Å². The molecule has 1 unspecified atom stereocenters. The third-order valence-electron chi connectivity index (χ3n) is 2.83. The maximum Gasteiger partial charge on any atom is 0.419 e. The molecule has 1 heterocycles. The van der Waals surface area contributed by atoms with Crippen LogP contribution >= 0.6 is 0 Å². The van der Waals surface area contributed by atoms with E-state index >= 15 is 0 Å². The molecule has 0 fully saturated rings. The van der Waals surface area contributed by atoms with Crippen LogP contribution in [0.15, 0.2) is 36.9 Å². The average Bonchev–Trinajstić information content (AvgIpc) is 2.39. The number of nitrogens with zero attached hydrogens (tertiary/aromatic N) is 2. The van der Waals surface area contributed by atoms with Gasteiger partial charge in [0.1, 0.15) is 12.1 Å². The molecule has 1 aromatic heterocycles. The van der Waals surface area contributed by atoms with Gasteiger partial charge >= 0.3 is 6.18 Å². The minimum absolute atomic E-state index is 0.368. The highest BCUT2D eigenvalue weighted by atomic mass is 19.4. The molecule has 3 nitrogen and oxygen atoms in total. The van der Waals surface area contributed by atoms with E-state index in [1.54, 1.807) is 7.05 Å². The Morgan fingerprint density at radius 1 is 1.10 bits per heavy atom. The maximum absolute atomic E-state index is 13.6. The fraction of sp³-hybridized carbons (Fsp3) is 0.231. The van der Waals surface area contributed by atoms with Crippen molar-refractivity contribution >= 4 is 0 Å². The number of rotatable bonds is 3. The molecule has 0 spiro atoms. The number of alkyl halides is 3. The van der Waals surface area contributed by atoms with Crippen molar-refractivity contribution in [1.29, 1.82) is 0 Å². The fourth-order valence-corrected chi connectivity index (χ4v) is 1.93. The second-order valence-electron chi connectivity index (χ2n) is 4.13. The lowest BCUT2D eigenvalue weighted by Gasteiger charge is -2.17. The van der Waals surface area contributed by atoms with Crippen molar-refractivity contribution in [2.75, 3.05) is 7.05 Å². The SMILES string of the molecule is CNC(c1cncnc1)c1ccc(C(F)(F)F)c(F)c1. The molecule has 0 saturated carbocycles. The van der Waals surface area contributed by atoms with E-state index in [-0.39, 0.29) is 0 Å². The first-order valence-electron chi connectivity index (χ1n) is 5.72. The van der Waals surface area contributed by atoms with Crippen LogP contribution in [-0.2, 0) is 6.18 Å². The predicted molar refractivity (Wildman–Crippen MR) is 64.3 cm³/mol. The summed E-state index contributed by atoms with van der Waals surface area (Å²) in [6.07, 6.45) is -0.329. The molecule has 0 aliphatic rings. The van der Waals surface area contributed by atoms with Crippen LogP contribution in [0.2, 0.25) is 0 Å². The molecule has 0 bridgehead atoms. The van der Waals surface area contributed by atoms with Gasteiger partial charge in [0.15, 0.2) is 0 Å². The Balaban J connectivity index is 2.40. The van der Waals surface area contributed by atoms with E-state index in [0.717, 1.165) is 12.1 Å². The first kappa shape index (κ1) is 14.4. The molecule has 0 aliphatic heterocycles. The van der Waals surface area contributed by atoms with Crippen LogP contribution < -0.4 is 5.32 Å². The summed E-state index contributed by atoms with van der Waals surface area (Å²) >= 11 is 0. The molecule has 0 aliphatic carbocycles. The third kappa shape index (κ3) is 2.93. The minimum atomic E-state index is -4.70. The summed E-state index contributed by atoms with van der Waals surface area (Å²) in [5.74, 6) is -1.30. The molecule has 1 N–H and O–H groups in total. The topological polar surface area (TPSA) is 37.8 Å². The van der Waals surface area contributed by atoms with E-state index in [9.17, 15) is 17.6 Å². The van der Waals surface area contributed by atoms with E-state index in [1.165, 1.54) is 24.8 Å². The molecule has 0 radical (unpaired) electrons. The number of hydrogen-bond acceptors (Lipinski definition) is 3. The highest BCUT2D eigenvalue weighted by Crippen LogP contribution is 2.33. The van der Waals surface area contributed by atoms with Gasteiger partial charge in [-0.3, -0.25) is 0 Å². The molecule has 2 rings (SSSR count). The van der Waals surface area contributed by atoms with Crippen molar-refractivity contribution in [3.05, 3.63) is 59.4 Å². The lowest BCUT2D eigenvalue weighted by atomic mass is 9.99. The molecule has 1 atom stereocenters. The van der Waals surface area contributed by atoms with E-state index in [2.05, 4.69) is 15.3 Å². The van der Waals surface area contributed by atoms with E-state index in [4.69, 9.17) is 0 Å². The summed E-state index contributed by atoms with van der Waals surface area (Å²) in [5.41, 5.74) is -0.276. The van der Waals surface area contributed by atoms with Gasteiger partial charge in [-0.2, -0.15) is 13.2 Å². The van der Waals surface area contributed by atoms with Gasteiger partial charge in [-0.15, -0.1) is 0 Å². The fourth-order valence-electron chi connectivity index (χ4n) is 1.93. The Morgan fingerprint density at radius 2 is 1.75 bits per heavy atom. The molecule has 2 aromatic rings. The monoisotopic (exact) mass is 285 g/mol. The van der Waals surface area contributed by atoms with Crippen molar-refractivity contribution in [2.45, 2.75) is 12.2 Å². The summed E-state index contributed by atoms with van der Waals surface area (Å²) in [7, 11) is 1.62. The lowest BCUT2D eigenvalue weighted by Crippen LogP contribution is -2.19. The molecule has 1 aromatic carbocycles. The standard InChI is InChI=1S/C13H11F4N3/c1-18-12(9-5-19-7-20-6-9)8-2-3-10(11(14)4-8)13(15,16)17/h2-7,12,18H,1H3. The van der Waals surface area contributed by atoms with Crippen LogP contribution in [0.5, 0.6) is 0 Å². The second kappa shape index (κ2) is 5.54. The van der Waals surface area contributed by atoms with Gasteiger partial charge in [-0.1, -0.05) is 6.07 Å². The normalized spacial score (nSPS) is 13.2. The number of benzene rings is 1.